The van der Waals surface area contributed by atoms with Crippen LogP contribution in [0.25, 0.3) is 0 Å². The number of alkyl halides is 3. The number of likely N-dealkylation sites (tertiary alicyclic amines) is 1. The molecule has 3 aromatic rings. The number of benzene rings is 2. The van der Waals surface area contributed by atoms with E-state index < -0.39 is 41.5 Å². The van der Waals surface area contributed by atoms with Gasteiger partial charge in [0.15, 0.2) is 12.0 Å². The molecule has 260 valence electrons. The Kier molecular flexibility index (Phi) is 10.4. The molecule has 2 N–H and O–H groups in total. The van der Waals surface area contributed by atoms with Crippen LogP contribution in [-0.4, -0.2) is 78.4 Å². The number of amides is 3. The number of allylic oxidation sites excluding steroid dienone is 1. The zero-order chi connectivity index (χ0) is 34.5. The lowest BCUT2D eigenvalue weighted by atomic mass is 9.89. The minimum absolute atomic E-state index is 0.107. The standard InChI is InChI=1S/C36H40F4N6O3/c1-24-7-4-8-25(21-24)26-9-6-16-46(23-26)32-13-5-10-28(36(38,39)40)33(49-32)34(47)42-27-14-15-31(41-22-27)44-17-19-45(20-18-44)35(48)43-30-12-3-2-11-29(30)37/h2-4,7-8,11-12,14-15,21-22,26,32H,5-6,9-10,13,16-20,23H2,1H3,(H,42,47)(H,43,48). The number of nitrogens with zero attached hydrogens (tertiary/aromatic N) is 4. The number of carbonyl (C=O) groups excluding carboxylic acids is 2. The van der Waals surface area contributed by atoms with E-state index >= 15 is 0 Å². The number of rotatable bonds is 6. The fraction of sp³-hybridized carbons (Fsp3) is 0.417. The molecule has 2 saturated heterocycles. The van der Waals surface area contributed by atoms with Crippen molar-refractivity contribution in [3.63, 3.8) is 0 Å². The first kappa shape index (κ1) is 34.2. The first-order valence-corrected chi connectivity index (χ1v) is 16.7. The second-order valence-electron chi connectivity index (χ2n) is 12.8. The Balaban J connectivity index is 1.08. The van der Waals surface area contributed by atoms with E-state index in [1.165, 1.54) is 23.9 Å². The maximum atomic E-state index is 14.2. The molecule has 4 heterocycles. The van der Waals surface area contributed by atoms with Gasteiger partial charge < -0.3 is 25.2 Å². The predicted molar refractivity (Wildman–Crippen MR) is 179 cm³/mol. The summed E-state index contributed by atoms with van der Waals surface area (Å²) in [6, 6.07) is 17.1. The zero-order valence-electron chi connectivity index (χ0n) is 27.3. The number of hydrogen-bond acceptors (Lipinski definition) is 6. The van der Waals surface area contributed by atoms with Crippen LogP contribution in [0.4, 0.5) is 39.5 Å². The highest BCUT2D eigenvalue weighted by atomic mass is 19.4. The van der Waals surface area contributed by atoms with Crippen molar-refractivity contribution in [3.05, 3.63) is 95.1 Å². The number of carbonyl (C=O) groups is 2. The Morgan fingerprint density at radius 3 is 2.43 bits per heavy atom. The number of piperazine rings is 1. The number of para-hydroxylation sites is 1. The van der Waals surface area contributed by atoms with Gasteiger partial charge in [-0.15, -0.1) is 0 Å². The third-order valence-electron chi connectivity index (χ3n) is 9.34. The van der Waals surface area contributed by atoms with E-state index in [9.17, 15) is 27.2 Å². The molecule has 0 aliphatic carbocycles. The van der Waals surface area contributed by atoms with Gasteiger partial charge in [-0.05, 0) is 74.8 Å². The first-order chi connectivity index (χ1) is 23.5. The molecule has 0 saturated carbocycles. The summed E-state index contributed by atoms with van der Waals surface area (Å²) in [5.41, 5.74) is 1.74. The molecule has 1 aromatic heterocycles. The lowest BCUT2D eigenvalue weighted by Crippen LogP contribution is -2.50. The third kappa shape index (κ3) is 8.33. The van der Waals surface area contributed by atoms with Crippen LogP contribution >= 0.6 is 0 Å². The van der Waals surface area contributed by atoms with E-state index in [4.69, 9.17) is 4.74 Å². The fourth-order valence-electron chi connectivity index (χ4n) is 6.75. The maximum Gasteiger partial charge on any atom is 0.416 e. The topological polar surface area (TPSA) is 90.0 Å². The van der Waals surface area contributed by atoms with E-state index in [-0.39, 0.29) is 30.1 Å². The summed E-state index contributed by atoms with van der Waals surface area (Å²) in [7, 11) is 0. The van der Waals surface area contributed by atoms with Gasteiger partial charge in [0.25, 0.3) is 5.91 Å². The molecule has 2 fully saturated rings. The number of anilines is 3. The molecule has 0 spiro atoms. The third-order valence-corrected chi connectivity index (χ3v) is 9.34. The lowest BCUT2D eigenvalue weighted by molar-refractivity contribution is -0.125. The molecule has 0 radical (unpaired) electrons. The van der Waals surface area contributed by atoms with Crippen molar-refractivity contribution in [2.24, 2.45) is 0 Å². The van der Waals surface area contributed by atoms with E-state index in [0.29, 0.717) is 51.5 Å². The molecule has 3 amide bonds. The van der Waals surface area contributed by atoms with Crippen molar-refractivity contribution in [1.82, 2.24) is 14.8 Å². The molecule has 0 bridgehead atoms. The van der Waals surface area contributed by atoms with Crippen LogP contribution in [-0.2, 0) is 9.53 Å². The lowest BCUT2D eigenvalue weighted by Gasteiger charge is -2.38. The van der Waals surface area contributed by atoms with E-state index in [1.807, 2.05) is 24.0 Å². The quantitative estimate of drug-likeness (QED) is 0.272. The van der Waals surface area contributed by atoms with E-state index in [1.54, 1.807) is 29.2 Å². The minimum atomic E-state index is -4.72. The minimum Gasteiger partial charge on any atom is -0.469 e. The second-order valence-corrected chi connectivity index (χ2v) is 12.8. The Hall–Kier alpha value is -4.65. The summed E-state index contributed by atoms with van der Waals surface area (Å²) >= 11 is 0. The zero-order valence-corrected chi connectivity index (χ0v) is 27.3. The average molecular weight is 681 g/mol. The van der Waals surface area contributed by atoms with Gasteiger partial charge in [-0.25, -0.2) is 14.2 Å². The Morgan fingerprint density at radius 1 is 0.918 bits per heavy atom. The van der Waals surface area contributed by atoms with Crippen LogP contribution in [0.1, 0.15) is 49.1 Å². The molecule has 3 aliphatic heterocycles. The van der Waals surface area contributed by atoms with Gasteiger partial charge >= 0.3 is 12.2 Å². The maximum absolute atomic E-state index is 14.2. The molecule has 2 atom stereocenters. The molecule has 2 aromatic carbocycles. The summed E-state index contributed by atoms with van der Waals surface area (Å²) < 4.78 is 62.6. The number of halogens is 4. The molecule has 13 heteroatoms. The number of piperidine rings is 1. The van der Waals surface area contributed by atoms with Crippen LogP contribution in [0.2, 0.25) is 0 Å². The number of pyridine rings is 1. The smallest absolute Gasteiger partial charge is 0.416 e. The highest BCUT2D eigenvalue weighted by Gasteiger charge is 2.42. The van der Waals surface area contributed by atoms with Crippen LogP contribution in [0.3, 0.4) is 0 Å². The van der Waals surface area contributed by atoms with Crippen molar-refractivity contribution < 1.29 is 31.9 Å². The summed E-state index contributed by atoms with van der Waals surface area (Å²) in [5.74, 6) is -1.36. The highest BCUT2D eigenvalue weighted by Crippen LogP contribution is 2.38. The first-order valence-electron chi connectivity index (χ1n) is 16.7. The summed E-state index contributed by atoms with van der Waals surface area (Å²) in [6.07, 6.45) is -1.80. The molecular formula is C36H40F4N6O3. The molecule has 6 rings (SSSR count). The van der Waals surface area contributed by atoms with Crippen LogP contribution in [0.15, 0.2) is 78.2 Å². The second kappa shape index (κ2) is 14.9. The van der Waals surface area contributed by atoms with Crippen LogP contribution in [0.5, 0.6) is 0 Å². The van der Waals surface area contributed by atoms with Gasteiger partial charge in [0.05, 0.1) is 23.1 Å². The van der Waals surface area contributed by atoms with E-state index in [0.717, 1.165) is 18.4 Å². The molecular weight excluding hydrogens is 640 g/mol. The van der Waals surface area contributed by atoms with E-state index in [2.05, 4.69) is 32.7 Å². The number of hydrogen-bond donors (Lipinski definition) is 2. The molecule has 3 aliphatic rings. The van der Waals surface area contributed by atoms with Gasteiger partial charge in [0.2, 0.25) is 0 Å². The number of nitrogens with one attached hydrogen (secondary N) is 2. The molecule has 2 unspecified atom stereocenters. The Morgan fingerprint density at radius 2 is 1.71 bits per heavy atom. The monoisotopic (exact) mass is 680 g/mol. The SMILES string of the molecule is Cc1cccc(C2CCCN(C3CCCC(C(F)(F)F)=C(C(=O)Nc4ccc(N5CCN(C(=O)Nc6ccccc6F)CC5)nc4)O3)C2)c1. The number of ether oxygens (including phenoxy) is 1. The highest BCUT2D eigenvalue weighted by molar-refractivity contribution is 6.03. The largest absolute Gasteiger partial charge is 0.469 e. The average Bonchev–Trinajstić information content (AvgIpc) is 3.34. The van der Waals surface area contributed by atoms with Crippen molar-refractivity contribution in [1.29, 1.82) is 0 Å². The van der Waals surface area contributed by atoms with Crippen LogP contribution < -0.4 is 15.5 Å². The normalized spacial score (nSPS) is 20.8. The van der Waals surface area contributed by atoms with Gasteiger partial charge in [0, 0.05) is 39.3 Å². The van der Waals surface area contributed by atoms with Crippen molar-refractivity contribution in [2.45, 2.75) is 57.3 Å². The Bertz CT molecular complexity index is 1670. The number of aromatic nitrogens is 1. The van der Waals surface area contributed by atoms with Gasteiger partial charge in [-0.1, -0.05) is 42.0 Å². The van der Waals surface area contributed by atoms with Gasteiger partial charge in [-0.3, -0.25) is 9.69 Å². The summed E-state index contributed by atoms with van der Waals surface area (Å²) in [4.78, 5) is 36.1. The molecule has 49 heavy (non-hydrogen) atoms. The number of urea groups is 1. The molecule has 9 nitrogen and oxygen atoms in total. The number of aryl methyl sites for hydroxylation is 1. The van der Waals surface area contributed by atoms with Crippen LogP contribution in [0, 0.1) is 12.7 Å². The fourth-order valence-corrected chi connectivity index (χ4v) is 6.75. The predicted octanol–water partition coefficient (Wildman–Crippen LogP) is 7.04. The van der Waals surface area contributed by atoms with Crippen molar-refractivity contribution in [3.8, 4) is 0 Å². The Labute approximate surface area is 282 Å². The van der Waals surface area contributed by atoms with Crippen molar-refractivity contribution >= 4 is 29.1 Å². The van der Waals surface area contributed by atoms with Crippen molar-refractivity contribution in [2.75, 3.05) is 54.8 Å². The summed E-state index contributed by atoms with van der Waals surface area (Å²) in [6.45, 7) is 5.02. The van der Waals surface area contributed by atoms with Gasteiger partial charge in [0.1, 0.15) is 11.6 Å². The van der Waals surface area contributed by atoms with Gasteiger partial charge in [-0.2, -0.15) is 13.2 Å². The summed E-state index contributed by atoms with van der Waals surface area (Å²) in [5, 5.41) is 5.16.